The molecule has 1 heterocycles. The summed E-state index contributed by atoms with van der Waals surface area (Å²) >= 11 is 0. The highest BCUT2D eigenvalue weighted by molar-refractivity contribution is 5.89. The van der Waals surface area contributed by atoms with Crippen LogP contribution in [-0.2, 0) is 9.53 Å². The summed E-state index contributed by atoms with van der Waals surface area (Å²) in [6.07, 6.45) is 0.761. The van der Waals surface area contributed by atoms with E-state index in [1.165, 1.54) is 0 Å². The largest absolute Gasteiger partial charge is 0.378 e. The molecule has 2 N–H and O–H groups in total. The molecule has 0 radical (unpaired) electrons. The molecule has 4 atom stereocenters. The van der Waals surface area contributed by atoms with Crippen molar-refractivity contribution < 1.29 is 9.53 Å². The molecule has 0 bridgehead atoms. The van der Waals surface area contributed by atoms with Crippen LogP contribution < -0.4 is 5.73 Å². The summed E-state index contributed by atoms with van der Waals surface area (Å²) in [5.41, 5.74) is 5.90. The average molecular weight is 280 g/mol. The van der Waals surface area contributed by atoms with Crippen molar-refractivity contribution in [2.75, 3.05) is 19.7 Å². The molecule has 4 nitrogen and oxygen atoms in total. The zero-order valence-electron chi connectivity index (χ0n) is 13.4. The molecule has 0 aromatic rings. The maximum Gasteiger partial charge on any atom is 0.243 e. The number of piperidine rings is 1. The summed E-state index contributed by atoms with van der Waals surface area (Å²) in [7, 11) is 0. The highest BCUT2D eigenvalue weighted by Crippen LogP contribution is 2.62. The molecular weight excluding hydrogens is 252 g/mol. The van der Waals surface area contributed by atoms with Gasteiger partial charge in [-0.05, 0) is 24.2 Å². The first kappa shape index (κ1) is 14.3. The minimum atomic E-state index is -0.742. The summed E-state index contributed by atoms with van der Waals surface area (Å²) in [5.74, 6) is 1.50. The maximum atomic E-state index is 12.8. The molecule has 1 saturated heterocycles. The molecule has 1 aliphatic heterocycles. The number of fused-ring (bicyclic) bond motifs is 1. The van der Waals surface area contributed by atoms with Crippen molar-refractivity contribution in [3.63, 3.8) is 0 Å². The number of hydrogen-bond acceptors (Lipinski definition) is 3. The number of ether oxygens (including phenoxy) is 1. The minimum Gasteiger partial charge on any atom is -0.378 e. The molecule has 20 heavy (non-hydrogen) atoms. The number of rotatable bonds is 3. The lowest BCUT2D eigenvalue weighted by molar-refractivity contribution is -0.179. The lowest BCUT2D eigenvalue weighted by Gasteiger charge is -2.58. The molecule has 2 aliphatic carbocycles. The van der Waals surface area contributed by atoms with Gasteiger partial charge in [0.2, 0.25) is 5.91 Å². The quantitative estimate of drug-likeness (QED) is 0.855. The third-order valence-corrected chi connectivity index (χ3v) is 6.62. The first-order valence-corrected chi connectivity index (χ1v) is 7.86. The van der Waals surface area contributed by atoms with Crippen LogP contribution in [0.4, 0.5) is 0 Å². The van der Waals surface area contributed by atoms with Crippen LogP contribution in [0.25, 0.3) is 0 Å². The average Bonchev–Trinajstić information content (AvgIpc) is 2.78. The number of hydrogen-bond donors (Lipinski definition) is 1. The van der Waals surface area contributed by atoms with Crippen molar-refractivity contribution in [3.8, 4) is 0 Å². The van der Waals surface area contributed by atoms with Crippen molar-refractivity contribution in [1.82, 2.24) is 4.90 Å². The number of carbonyl (C=O) groups excluding carboxylic acids is 1. The van der Waals surface area contributed by atoms with Gasteiger partial charge in [0.05, 0.1) is 6.10 Å². The van der Waals surface area contributed by atoms with E-state index in [1.54, 1.807) is 0 Å². The molecule has 4 heteroatoms. The monoisotopic (exact) mass is 280 g/mol. The van der Waals surface area contributed by atoms with Crippen molar-refractivity contribution in [2.24, 2.45) is 28.4 Å². The van der Waals surface area contributed by atoms with Gasteiger partial charge in [-0.2, -0.15) is 0 Å². The highest BCUT2D eigenvalue weighted by Gasteiger charge is 2.68. The molecule has 3 fully saturated rings. The van der Waals surface area contributed by atoms with Gasteiger partial charge in [0.15, 0.2) is 0 Å². The fourth-order valence-electron chi connectivity index (χ4n) is 4.38. The lowest BCUT2D eigenvalue weighted by atomic mass is 9.54. The summed E-state index contributed by atoms with van der Waals surface area (Å²) in [6.45, 7) is 13.2. The Morgan fingerprint density at radius 1 is 1.25 bits per heavy atom. The van der Waals surface area contributed by atoms with Crippen LogP contribution in [0, 0.1) is 22.7 Å². The van der Waals surface area contributed by atoms with Crippen LogP contribution in [0.5, 0.6) is 0 Å². The Hall–Kier alpha value is -0.610. The van der Waals surface area contributed by atoms with E-state index in [0.717, 1.165) is 13.1 Å². The number of likely N-dealkylation sites (tertiary alicyclic amines) is 1. The standard InChI is InChI=1S/C16H28N2O2/c1-6-20-12-7-16(17,15(12,4)5)13(19)18-8-10-11(9-18)14(10,2)3/h10-12H,6-9,17H2,1-5H3. The summed E-state index contributed by atoms with van der Waals surface area (Å²) < 4.78 is 5.71. The second-order valence-corrected chi connectivity index (χ2v) is 8.09. The zero-order valence-corrected chi connectivity index (χ0v) is 13.4. The predicted octanol–water partition coefficient (Wildman–Crippen LogP) is 1.63. The molecule has 4 unspecified atom stereocenters. The minimum absolute atomic E-state index is 0.107. The van der Waals surface area contributed by atoms with E-state index in [1.807, 2.05) is 11.8 Å². The SMILES string of the molecule is CCOC1CC(N)(C(=O)N2CC3C(C2)C3(C)C)C1(C)C. The van der Waals surface area contributed by atoms with E-state index < -0.39 is 5.54 Å². The van der Waals surface area contributed by atoms with E-state index in [0.29, 0.717) is 30.3 Å². The van der Waals surface area contributed by atoms with E-state index in [9.17, 15) is 4.79 Å². The smallest absolute Gasteiger partial charge is 0.243 e. The van der Waals surface area contributed by atoms with Crippen LogP contribution in [0.3, 0.4) is 0 Å². The normalized spacial score (nSPS) is 43.9. The molecular formula is C16H28N2O2. The van der Waals surface area contributed by atoms with Gasteiger partial charge in [-0.25, -0.2) is 0 Å². The third kappa shape index (κ3) is 1.58. The van der Waals surface area contributed by atoms with Crippen molar-refractivity contribution in [1.29, 1.82) is 0 Å². The Kier molecular flexibility index (Phi) is 2.85. The molecule has 114 valence electrons. The van der Waals surface area contributed by atoms with Crippen LogP contribution in [0.15, 0.2) is 0 Å². The predicted molar refractivity (Wildman–Crippen MR) is 78.1 cm³/mol. The second kappa shape index (κ2) is 3.98. The van der Waals surface area contributed by atoms with E-state index in [2.05, 4.69) is 27.7 Å². The maximum absolute atomic E-state index is 12.8. The zero-order chi connectivity index (χ0) is 14.9. The Morgan fingerprint density at radius 2 is 1.80 bits per heavy atom. The van der Waals surface area contributed by atoms with Gasteiger partial charge in [0.1, 0.15) is 5.54 Å². The van der Waals surface area contributed by atoms with Crippen LogP contribution >= 0.6 is 0 Å². The van der Waals surface area contributed by atoms with Crippen LogP contribution in [-0.4, -0.2) is 42.1 Å². The Labute approximate surface area is 122 Å². The summed E-state index contributed by atoms with van der Waals surface area (Å²) in [5, 5.41) is 0. The molecule has 3 rings (SSSR count). The summed E-state index contributed by atoms with van der Waals surface area (Å²) in [6, 6.07) is 0. The molecule has 0 spiro atoms. The first-order valence-electron chi connectivity index (χ1n) is 7.86. The summed E-state index contributed by atoms with van der Waals surface area (Å²) in [4.78, 5) is 14.8. The topological polar surface area (TPSA) is 55.6 Å². The molecule has 1 amide bonds. The van der Waals surface area contributed by atoms with Crippen LogP contribution in [0.2, 0.25) is 0 Å². The van der Waals surface area contributed by atoms with Gasteiger partial charge in [-0.1, -0.05) is 27.7 Å². The Balaban J connectivity index is 1.67. The van der Waals surface area contributed by atoms with Gasteiger partial charge in [0.25, 0.3) is 0 Å². The number of amides is 1. The van der Waals surface area contributed by atoms with Crippen molar-refractivity contribution >= 4 is 5.91 Å². The van der Waals surface area contributed by atoms with Crippen molar-refractivity contribution in [2.45, 2.75) is 52.7 Å². The molecule has 0 aromatic heterocycles. The van der Waals surface area contributed by atoms with E-state index >= 15 is 0 Å². The molecule has 2 saturated carbocycles. The fourth-order valence-corrected chi connectivity index (χ4v) is 4.38. The van der Waals surface area contributed by atoms with Gasteiger partial charge in [-0.3, -0.25) is 4.79 Å². The van der Waals surface area contributed by atoms with Gasteiger partial charge >= 0.3 is 0 Å². The van der Waals surface area contributed by atoms with Gasteiger partial charge < -0.3 is 15.4 Å². The number of nitrogens with two attached hydrogens (primary N) is 1. The number of carbonyl (C=O) groups is 1. The fraction of sp³-hybridized carbons (Fsp3) is 0.938. The van der Waals surface area contributed by atoms with Gasteiger partial charge in [-0.15, -0.1) is 0 Å². The van der Waals surface area contributed by atoms with Gasteiger partial charge in [0, 0.05) is 31.5 Å². The Morgan fingerprint density at radius 3 is 2.25 bits per heavy atom. The third-order valence-electron chi connectivity index (χ3n) is 6.62. The van der Waals surface area contributed by atoms with E-state index in [4.69, 9.17) is 10.5 Å². The number of nitrogens with zero attached hydrogens (tertiary/aromatic N) is 1. The lowest BCUT2D eigenvalue weighted by Crippen LogP contribution is -2.76. The molecule has 0 aromatic carbocycles. The Bertz CT molecular complexity index is 432. The van der Waals surface area contributed by atoms with Crippen molar-refractivity contribution in [3.05, 3.63) is 0 Å². The second-order valence-electron chi connectivity index (χ2n) is 8.09. The first-order chi connectivity index (χ1) is 9.16. The van der Waals surface area contributed by atoms with E-state index in [-0.39, 0.29) is 17.4 Å². The van der Waals surface area contributed by atoms with Crippen LogP contribution in [0.1, 0.15) is 41.0 Å². The highest BCUT2D eigenvalue weighted by atomic mass is 16.5. The molecule has 3 aliphatic rings.